The molecule has 0 saturated heterocycles. The monoisotopic (exact) mass is 364 g/mol. The molecule has 0 aromatic rings. The molecule has 0 aromatic carbocycles. The van der Waals surface area contributed by atoms with Gasteiger partial charge in [0.15, 0.2) is 0 Å². The lowest BCUT2D eigenvalue weighted by Crippen LogP contribution is -2.17. The van der Waals surface area contributed by atoms with Gasteiger partial charge in [0.2, 0.25) is 0 Å². The largest absolute Gasteiger partial charge is 0.469 e. The van der Waals surface area contributed by atoms with Crippen molar-refractivity contribution in [1.29, 1.82) is 0 Å². The van der Waals surface area contributed by atoms with Gasteiger partial charge in [-0.1, -0.05) is 50.0 Å². The summed E-state index contributed by atoms with van der Waals surface area (Å²) >= 11 is 0. The second-order valence-corrected chi connectivity index (χ2v) is 7.99. The van der Waals surface area contributed by atoms with Crippen LogP contribution in [0.1, 0.15) is 71.1 Å². The number of allylic oxidation sites excluding steroid dienone is 2. The molecule has 5 atom stereocenters. The molecule has 2 N–H and O–H groups in total. The second kappa shape index (κ2) is 10.9. The fraction of sp³-hybridized carbons (Fsp3) is 0.773. The number of ether oxygens (including phenoxy) is 1. The number of rotatable bonds is 10. The van der Waals surface area contributed by atoms with Crippen LogP contribution in [0.2, 0.25) is 0 Å². The van der Waals surface area contributed by atoms with Crippen molar-refractivity contribution in [3.63, 3.8) is 0 Å². The summed E-state index contributed by atoms with van der Waals surface area (Å²) in [5.41, 5.74) is 1.47. The normalized spacial score (nSPS) is 30.8. The molecule has 4 nitrogen and oxygen atoms in total. The highest BCUT2D eigenvalue weighted by Crippen LogP contribution is 2.50. The van der Waals surface area contributed by atoms with E-state index < -0.39 is 0 Å². The summed E-state index contributed by atoms with van der Waals surface area (Å²) in [6.07, 6.45) is 15.0. The Balaban J connectivity index is 1.81. The lowest BCUT2D eigenvalue weighted by atomic mass is 9.90. The first-order valence-electron chi connectivity index (χ1n) is 10.3. The molecule has 0 unspecified atom stereocenters. The van der Waals surface area contributed by atoms with Gasteiger partial charge in [0, 0.05) is 12.3 Å². The molecule has 2 saturated carbocycles. The van der Waals surface area contributed by atoms with Crippen molar-refractivity contribution in [2.24, 2.45) is 17.8 Å². The van der Waals surface area contributed by atoms with Crippen molar-refractivity contribution in [2.45, 2.75) is 83.3 Å². The van der Waals surface area contributed by atoms with Crippen LogP contribution in [0, 0.1) is 17.8 Å². The molecule has 0 spiro atoms. The van der Waals surface area contributed by atoms with Crippen LogP contribution >= 0.6 is 0 Å². The summed E-state index contributed by atoms with van der Waals surface area (Å²) in [6.45, 7) is 2.16. The molecule has 2 rings (SSSR count). The molecule has 2 aliphatic rings. The van der Waals surface area contributed by atoms with E-state index in [0.717, 1.165) is 57.8 Å². The Labute approximate surface area is 158 Å². The van der Waals surface area contributed by atoms with Crippen LogP contribution in [0.4, 0.5) is 0 Å². The van der Waals surface area contributed by atoms with E-state index in [1.54, 1.807) is 0 Å². The van der Waals surface area contributed by atoms with Crippen LogP contribution in [0.3, 0.4) is 0 Å². The Morgan fingerprint density at radius 2 is 2.12 bits per heavy atom. The molecule has 0 aromatic heterocycles. The third kappa shape index (κ3) is 6.24. The summed E-state index contributed by atoms with van der Waals surface area (Å²) in [6, 6.07) is 0. The Morgan fingerprint density at radius 3 is 2.85 bits per heavy atom. The predicted octanol–water partition coefficient (Wildman–Crippen LogP) is 4.16. The zero-order valence-corrected chi connectivity index (χ0v) is 16.4. The number of esters is 1. The molecule has 0 aliphatic heterocycles. The Morgan fingerprint density at radius 1 is 1.31 bits per heavy atom. The Bertz CT molecular complexity index is 496. The Hall–Kier alpha value is -1.13. The van der Waals surface area contributed by atoms with Gasteiger partial charge >= 0.3 is 5.97 Å². The molecule has 0 radical (unpaired) electrons. The van der Waals surface area contributed by atoms with Gasteiger partial charge in [-0.3, -0.25) is 4.79 Å². The zero-order valence-electron chi connectivity index (χ0n) is 16.4. The number of carbonyl (C=O) groups is 1. The van der Waals surface area contributed by atoms with E-state index >= 15 is 0 Å². The fourth-order valence-electron chi connectivity index (χ4n) is 4.55. The van der Waals surface area contributed by atoms with E-state index in [1.165, 1.54) is 12.7 Å². The van der Waals surface area contributed by atoms with Crippen molar-refractivity contribution in [2.75, 3.05) is 7.11 Å². The highest BCUT2D eigenvalue weighted by molar-refractivity contribution is 5.69. The van der Waals surface area contributed by atoms with E-state index in [0.29, 0.717) is 18.3 Å². The first-order chi connectivity index (χ1) is 12.5. The van der Waals surface area contributed by atoms with E-state index in [1.807, 2.05) is 6.08 Å². The van der Waals surface area contributed by atoms with Crippen LogP contribution in [0.15, 0.2) is 23.8 Å². The first-order valence-corrected chi connectivity index (χ1v) is 10.3. The van der Waals surface area contributed by atoms with Crippen molar-refractivity contribution in [3.05, 3.63) is 23.8 Å². The van der Waals surface area contributed by atoms with Gasteiger partial charge in [-0.05, 0) is 50.4 Å². The van der Waals surface area contributed by atoms with Crippen LogP contribution in [0.5, 0.6) is 0 Å². The van der Waals surface area contributed by atoms with Crippen LogP contribution < -0.4 is 0 Å². The van der Waals surface area contributed by atoms with Crippen molar-refractivity contribution in [3.8, 4) is 0 Å². The summed E-state index contributed by atoms with van der Waals surface area (Å²) < 4.78 is 4.67. The van der Waals surface area contributed by atoms with Gasteiger partial charge in [-0.2, -0.15) is 0 Å². The zero-order chi connectivity index (χ0) is 18.9. The maximum Gasteiger partial charge on any atom is 0.305 e. The number of unbranched alkanes of at least 4 members (excludes halogenated alkanes) is 3. The minimum atomic E-state index is -0.387. The standard InChI is InChI=1S/C22H36O4/c1-3-4-5-9-18(23)11-12-19-20-14-16(13-17(20)15-21(19)24)8-6-7-10-22(25)26-2/h8,11-12,17-21,23-24H,3-7,9-10,13-15H2,1-2H3/b12-11-,16-8+/t17-,18+,19+,20+,21-/m1/s1. The third-order valence-corrected chi connectivity index (χ3v) is 6.02. The van der Waals surface area contributed by atoms with Gasteiger partial charge in [-0.25, -0.2) is 0 Å². The van der Waals surface area contributed by atoms with E-state index in [2.05, 4.69) is 23.8 Å². The average Bonchev–Trinajstić information content (AvgIpc) is 3.13. The topological polar surface area (TPSA) is 66.8 Å². The number of methoxy groups -OCH3 is 1. The summed E-state index contributed by atoms with van der Waals surface area (Å²) in [5.74, 6) is 1.08. The molecule has 2 fully saturated rings. The molecule has 0 amide bonds. The fourth-order valence-corrected chi connectivity index (χ4v) is 4.55. The van der Waals surface area contributed by atoms with Crippen molar-refractivity contribution >= 4 is 5.97 Å². The summed E-state index contributed by atoms with van der Waals surface area (Å²) in [4.78, 5) is 11.2. The minimum Gasteiger partial charge on any atom is -0.469 e. The van der Waals surface area contributed by atoms with Gasteiger partial charge < -0.3 is 14.9 Å². The first kappa shape index (κ1) is 21.2. The molecular formula is C22H36O4. The molecule has 26 heavy (non-hydrogen) atoms. The molecule has 4 heteroatoms. The number of aliphatic hydroxyl groups excluding tert-OH is 2. The van der Waals surface area contributed by atoms with E-state index in [9.17, 15) is 15.0 Å². The smallest absolute Gasteiger partial charge is 0.305 e. The van der Waals surface area contributed by atoms with Gasteiger partial charge in [0.1, 0.15) is 0 Å². The number of hydrogen-bond acceptors (Lipinski definition) is 4. The average molecular weight is 365 g/mol. The summed E-state index contributed by atoms with van der Waals surface area (Å²) in [7, 11) is 1.43. The van der Waals surface area contributed by atoms with Crippen LogP contribution in [-0.4, -0.2) is 35.5 Å². The quantitative estimate of drug-likeness (QED) is 0.347. The van der Waals surface area contributed by atoms with Gasteiger partial charge in [-0.15, -0.1) is 0 Å². The van der Waals surface area contributed by atoms with Crippen molar-refractivity contribution < 1.29 is 19.7 Å². The third-order valence-electron chi connectivity index (χ3n) is 6.02. The van der Waals surface area contributed by atoms with Gasteiger partial charge in [0.25, 0.3) is 0 Å². The van der Waals surface area contributed by atoms with Crippen LogP contribution in [0.25, 0.3) is 0 Å². The van der Waals surface area contributed by atoms with Crippen molar-refractivity contribution in [1.82, 2.24) is 0 Å². The Kier molecular flexibility index (Phi) is 8.86. The molecule has 2 aliphatic carbocycles. The maximum absolute atomic E-state index is 11.2. The molecule has 148 valence electrons. The molecular weight excluding hydrogens is 328 g/mol. The SMILES string of the molecule is CCCCC[C@H](O)/C=C\[C@H]1[C@H]2C/C(=C/CCCC(=O)OC)C[C@@H]2C[C@H]1O. The highest BCUT2D eigenvalue weighted by atomic mass is 16.5. The van der Waals surface area contributed by atoms with Gasteiger partial charge in [0.05, 0.1) is 19.3 Å². The lowest BCUT2D eigenvalue weighted by molar-refractivity contribution is -0.140. The molecule has 0 heterocycles. The highest BCUT2D eigenvalue weighted by Gasteiger charge is 2.44. The number of carbonyl (C=O) groups excluding carboxylic acids is 1. The van der Waals surface area contributed by atoms with E-state index in [4.69, 9.17) is 0 Å². The minimum absolute atomic E-state index is 0.141. The second-order valence-electron chi connectivity index (χ2n) is 7.99. The van der Waals surface area contributed by atoms with Crippen LogP contribution in [-0.2, 0) is 9.53 Å². The molecule has 0 bridgehead atoms. The maximum atomic E-state index is 11.2. The number of fused-ring (bicyclic) bond motifs is 1. The van der Waals surface area contributed by atoms with E-state index in [-0.39, 0.29) is 24.1 Å². The summed E-state index contributed by atoms with van der Waals surface area (Å²) in [5, 5.41) is 20.5. The lowest BCUT2D eigenvalue weighted by Gasteiger charge is -2.17. The number of hydrogen-bond donors (Lipinski definition) is 2. The predicted molar refractivity (Wildman–Crippen MR) is 104 cm³/mol. The number of aliphatic hydroxyl groups is 2.